The smallest absolute Gasteiger partial charge is 0.410 e. The monoisotopic (exact) mass is 834 g/mol. The van der Waals surface area contributed by atoms with Gasteiger partial charge in [0.15, 0.2) is 0 Å². The molecule has 60 heavy (non-hydrogen) atoms. The van der Waals surface area contributed by atoms with E-state index in [1.165, 1.54) is 37.1 Å². The summed E-state index contributed by atoms with van der Waals surface area (Å²) >= 11 is 0. The topological polar surface area (TPSA) is 149 Å². The Hall–Kier alpha value is -5.05. The van der Waals surface area contributed by atoms with Crippen molar-refractivity contribution in [3.8, 4) is 11.4 Å². The molecular formula is C45H57F3N6O6. The molecule has 0 spiro atoms. The lowest BCUT2D eigenvalue weighted by Gasteiger charge is -2.36. The van der Waals surface area contributed by atoms with Gasteiger partial charge in [-0.05, 0) is 94.7 Å². The fourth-order valence-corrected chi connectivity index (χ4v) is 9.35. The maximum Gasteiger partial charge on any atom is 0.410 e. The molecule has 4 heterocycles. The molecule has 4 N–H and O–H groups in total. The number of para-hydroxylation sites is 1. The zero-order valence-corrected chi connectivity index (χ0v) is 35.3. The number of esters is 1. The second-order valence-corrected chi connectivity index (χ2v) is 17.9. The minimum atomic E-state index is -1.33. The highest BCUT2D eigenvalue weighted by atomic mass is 19.1. The zero-order chi connectivity index (χ0) is 43.0. The first-order valence-electron chi connectivity index (χ1n) is 21.2. The SMILES string of the molecule is CC(=O)O[C@@H]1CN[C@H](Cc2c(-c3[nH]c4cc(F)ccc4c3C[C@@H]3C[C@H](F)CN3C(=O)[C@@H](NC(=O)[C@H](C)N(C)C(=O)OC(C)(C)C)C3CCCCC3)[nH]c3c(F)cccc23)C1. The highest BCUT2D eigenvalue weighted by molar-refractivity contribution is 5.97. The Morgan fingerprint density at radius 1 is 0.967 bits per heavy atom. The lowest BCUT2D eigenvalue weighted by atomic mass is 9.83. The van der Waals surface area contributed by atoms with Crippen LogP contribution in [0.2, 0.25) is 0 Å². The number of H-pyrrole nitrogens is 2. The molecule has 1 aliphatic carbocycles. The first kappa shape index (κ1) is 43.1. The molecule has 2 aromatic carbocycles. The molecule has 15 heteroatoms. The molecule has 3 aliphatic rings. The van der Waals surface area contributed by atoms with Crippen LogP contribution >= 0.6 is 0 Å². The van der Waals surface area contributed by atoms with Gasteiger partial charge in [0.2, 0.25) is 11.8 Å². The van der Waals surface area contributed by atoms with Crippen molar-refractivity contribution in [3.63, 3.8) is 0 Å². The number of amides is 3. The summed E-state index contributed by atoms with van der Waals surface area (Å²) in [5.74, 6) is -2.37. The van der Waals surface area contributed by atoms with Crippen molar-refractivity contribution in [2.24, 2.45) is 5.92 Å². The molecule has 2 saturated heterocycles. The number of aromatic amines is 2. The predicted molar refractivity (Wildman–Crippen MR) is 222 cm³/mol. The zero-order valence-electron chi connectivity index (χ0n) is 35.3. The van der Waals surface area contributed by atoms with Crippen molar-refractivity contribution in [2.45, 2.75) is 134 Å². The molecule has 0 bridgehead atoms. The molecule has 2 aromatic heterocycles. The Balaban J connectivity index is 1.22. The number of rotatable bonds is 11. The highest BCUT2D eigenvalue weighted by Crippen LogP contribution is 2.40. The number of alkyl halides is 1. The van der Waals surface area contributed by atoms with E-state index in [4.69, 9.17) is 9.47 Å². The molecule has 324 valence electrons. The number of hydrogen-bond donors (Lipinski definition) is 4. The van der Waals surface area contributed by atoms with Crippen LogP contribution in [0.1, 0.15) is 90.7 Å². The summed E-state index contributed by atoms with van der Waals surface area (Å²) in [6, 6.07) is 6.61. The molecule has 12 nitrogen and oxygen atoms in total. The summed E-state index contributed by atoms with van der Waals surface area (Å²) in [4.78, 5) is 62.7. The second-order valence-electron chi connectivity index (χ2n) is 17.9. The number of ether oxygens (including phenoxy) is 2. The van der Waals surface area contributed by atoms with Crippen molar-refractivity contribution >= 4 is 45.7 Å². The van der Waals surface area contributed by atoms with E-state index in [1.54, 1.807) is 44.7 Å². The Kier molecular flexibility index (Phi) is 12.6. The summed E-state index contributed by atoms with van der Waals surface area (Å²) < 4.78 is 57.0. The number of nitrogens with zero attached hydrogens (tertiary/aromatic N) is 2. The number of likely N-dealkylation sites (N-methyl/N-ethyl adjacent to an activating group) is 1. The number of halogens is 3. The lowest BCUT2D eigenvalue weighted by Crippen LogP contribution is -2.57. The number of carbonyl (C=O) groups is 4. The maximum atomic E-state index is 15.7. The standard InChI is InChI=1S/C45H57F3N6O6/c1-24(53(6)44(58)60-45(3,4)5)42(56)52-38(26-11-8-7-9-12-26)43(57)54-23-28(47)17-30(54)21-35-32-16-15-27(46)18-37(32)50-40(35)41-34(33-13-10-14-36(48)39(33)51-41)20-29-19-31(22-49-29)59-25(2)55/h10,13-16,18,24,26,28-31,38,49-51H,7-9,11-12,17,19-23H2,1-6H3,(H,52,56)/t24-,28-,29-,30-,31-,38-/m0/s1. The normalized spacial score (nSPS) is 22.2. The fourth-order valence-electron chi connectivity index (χ4n) is 9.35. The summed E-state index contributed by atoms with van der Waals surface area (Å²) in [5, 5.41) is 7.75. The minimum absolute atomic E-state index is 0.0416. The molecule has 3 fully saturated rings. The van der Waals surface area contributed by atoms with E-state index in [1.807, 2.05) is 6.07 Å². The molecule has 3 amide bonds. The average Bonchev–Trinajstić information content (AvgIpc) is 3.97. The number of aromatic nitrogens is 2. The van der Waals surface area contributed by atoms with Crippen LogP contribution in [0.3, 0.4) is 0 Å². The summed E-state index contributed by atoms with van der Waals surface area (Å²) in [5.41, 5.74) is 2.67. The number of likely N-dealkylation sites (tertiary alicyclic amines) is 1. The number of fused-ring (bicyclic) bond motifs is 2. The maximum absolute atomic E-state index is 15.7. The number of benzene rings is 2. The fraction of sp³-hybridized carbons (Fsp3) is 0.556. The van der Waals surface area contributed by atoms with E-state index in [-0.39, 0.29) is 49.3 Å². The number of hydrogen-bond acceptors (Lipinski definition) is 7. The van der Waals surface area contributed by atoms with Crippen molar-refractivity contribution in [1.82, 2.24) is 30.4 Å². The molecule has 1 saturated carbocycles. The van der Waals surface area contributed by atoms with Gasteiger partial charge in [0.05, 0.1) is 23.4 Å². The lowest BCUT2D eigenvalue weighted by molar-refractivity contribution is -0.145. The van der Waals surface area contributed by atoms with Crippen molar-refractivity contribution in [2.75, 3.05) is 20.1 Å². The average molecular weight is 835 g/mol. The van der Waals surface area contributed by atoms with E-state index < -0.39 is 53.5 Å². The predicted octanol–water partition coefficient (Wildman–Crippen LogP) is 7.23. The van der Waals surface area contributed by atoms with Crippen LogP contribution in [0.4, 0.5) is 18.0 Å². The van der Waals surface area contributed by atoms with E-state index in [9.17, 15) is 23.6 Å². The Labute approximate surface area is 348 Å². The van der Waals surface area contributed by atoms with E-state index in [0.29, 0.717) is 71.0 Å². The van der Waals surface area contributed by atoms with Crippen molar-refractivity contribution in [3.05, 3.63) is 59.2 Å². The van der Waals surface area contributed by atoms with Crippen LogP contribution in [0.25, 0.3) is 33.2 Å². The summed E-state index contributed by atoms with van der Waals surface area (Å²) in [7, 11) is 1.47. The van der Waals surface area contributed by atoms with Crippen molar-refractivity contribution in [1.29, 1.82) is 0 Å². The Bertz CT molecular complexity index is 2240. The van der Waals surface area contributed by atoms with Gasteiger partial charge in [-0.1, -0.05) is 31.4 Å². The Morgan fingerprint density at radius 2 is 1.68 bits per heavy atom. The van der Waals surface area contributed by atoms with Crippen LogP contribution in [-0.4, -0.2) is 106 Å². The third kappa shape index (κ3) is 9.30. The van der Waals surface area contributed by atoms with Gasteiger partial charge in [-0.15, -0.1) is 0 Å². The van der Waals surface area contributed by atoms with Gasteiger partial charge in [0.1, 0.15) is 41.6 Å². The first-order valence-corrected chi connectivity index (χ1v) is 21.2. The molecule has 7 rings (SSSR count). The third-order valence-electron chi connectivity index (χ3n) is 12.4. The van der Waals surface area contributed by atoms with E-state index in [2.05, 4.69) is 20.6 Å². The van der Waals surface area contributed by atoms with Crippen LogP contribution in [0.15, 0.2) is 36.4 Å². The van der Waals surface area contributed by atoms with Gasteiger partial charge >= 0.3 is 12.1 Å². The van der Waals surface area contributed by atoms with Gasteiger partial charge in [-0.2, -0.15) is 0 Å². The third-order valence-corrected chi connectivity index (χ3v) is 12.4. The van der Waals surface area contributed by atoms with Crippen LogP contribution in [-0.2, 0) is 36.7 Å². The molecule has 0 radical (unpaired) electrons. The van der Waals surface area contributed by atoms with Crippen LogP contribution in [0, 0.1) is 17.6 Å². The summed E-state index contributed by atoms with van der Waals surface area (Å²) in [6.07, 6.45) is 3.11. The van der Waals surface area contributed by atoms with Gasteiger partial charge in [0.25, 0.3) is 0 Å². The summed E-state index contributed by atoms with van der Waals surface area (Å²) in [6.45, 7) is 8.47. The van der Waals surface area contributed by atoms with Crippen molar-refractivity contribution < 1.29 is 41.8 Å². The van der Waals surface area contributed by atoms with Gasteiger partial charge in [-0.3, -0.25) is 19.3 Å². The minimum Gasteiger partial charge on any atom is -0.461 e. The molecule has 2 aliphatic heterocycles. The molecular weight excluding hydrogens is 778 g/mol. The van der Waals surface area contributed by atoms with Crippen LogP contribution in [0.5, 0.6) is 0 Å². The van der Waals surface area contributed by atoms with Crippen LogP contribution < -0.4 is 10.6 Å². The van der Waals surface area contributed by atoms with E-state index >= 15 is 8.78 Å². The number of nitrogens with one attached hydrogen (secondary N) is 4. The number of carbonyl (C=O) groups excluding carboxylic acids is 4. The van der Waals surface area contributed by atoms with Gasteiger partial charge in [0, 0.05) is 61.7 Å². The molecule has 4 aromatic rings. The Morgan fingerprint density at radius 3 is 2.40 bits per heavy atom. The van der Waals surface area contributed by atoms with Gasteiger partial charge < -0.3 is 35.0 Å². The largest absolute Gasteiger partial charge is 0.461 e. The first-order chi connectivity index (χ1) is 28.5. The van der Waals surface area contributed by atoms with E-state index in [0.717, 1.165) is 24.8 Å². The quantitative estimate of drug-likeness (QED) is 0.117. The molecule has 6 atom stereocenters. The molecule has 0 unspecified atom stereocenters. The van der Waals surface area contributed by atoms with Gasteiger partial charge in [-0.25, -0.2) is 18.0 Å². The second kappa shape index (κ2) is 17.5. The highest BCUT2D eigenvalue weighted by Gasteiger charge is 2.43.